The molecule has 1 aromatic heterocycles. The fourth-order valence-corrected chi connectivity index (χ4v) is 1.67. The third kappa shape index (κ3) is 1.48. The molecule has 2 aromatic rings. The highest BCUT2D eigenvalue weighted by molar-refractivity contribution is 5.95. The van der Waals surface area contributed by atoms with Gasteiger partial charge in [0.25, 0.3) is 0 Å². The average Bonchev–Trinajstić information content (AvgIpc) is 2.64. The van der Waals surface area contributed by atoms with Crippen molar-refractivity contribution in [3.05, 3.63) is 35.3 Å². The van der Waals surface area contributed by atoms with Gasteiger partial charge in [0.1, 0.15) is 11.5 Å². The van der Waals surface area contributed by atoms with E-state index in [0.29, 0.717) is 5.39 Å². The van der Waals surface area contributed by atoms with Crippen molar-refractivity contribution in [3.63, 3.8) is 0 Å². The number of aromatic carboxylic acids is 1. The van der Waals surface area contributed by atoms with E-state index in [1.807, 2.05) is 6.92 Å². The maximum absolute atomic E-state index is 13.4. The fraction of sp³-hybridized carbons (Fsp3) is 0.182. The number of halogens is 1. The van der Waals surface area contributed by atoms with Gasteiger partial charge in [0.2, 0.25) is 0 Å². The Kier molecular flexibility index (Phi) is 2.19. The number of aromatic amines is 1. The fourth-order valence-electron chi connectivity index (χ4n) is 1.67. The molecule has 0 aliphatic heterocycles. The van der Waals surface area contributed by atoms with Crippen LogP contribution < -0.4 is 0 Å². The molecule has 0 saturated heterocycles. The molecule has 0 fully saturated rings. The number of hydrogen-bond donors (Lipinski definition) is 2. The first-order valence-corrected chi connectivity index (χ1v) is 4.67. The van der Waals surface area contributed by atoms with Gasteiger partial charge in [-0.3, -0.25) is 0 Å². The molecule has 0 radical (unpaired) electrons. The molecule has 15 heavy (non-hydrogen) atoms. The van der Waals surface area contributed by atoms with Crippen molar-refractivity contribution >= 4 is 16.9 Å². The van der Waals surface area contributed by atoms with Crippen LogP contribution in [0.3, 0.4) is 0 Å². The number of aryl methyl sites for hydroxylation is 1. The Morgan fingerprint density at radius 2 is 2.27 bits per heavy atom. The summed E-state index contributed by atoms with van der Waals surface area (Å²) in [5.41, 5.74) is 1.23. The van der Waals surface area contributed by atoms with Gasteiger partial charge in [0, 0.05) is 5.39 Å². The second-order valence-electron chi connectivity index (χ2n) is 3.34. The third-order valence-electron chi connectivity index (χ3n) is 2.44. The lowest BCUT2D eigenvalue weighted by molar-refractivity contribution is 0.0691. The zero-order valence-electron chi connectivity index (χ0n) is 8.17. The summed E-state index contributed by atoms with van der Waals surface area (Å²) in [6, 6.07) is 4.50. The van der Waals surface area contributed by atoms with Crippen LogP contribution in [-0.2, 0) is 6.42 Å². The van der Waals surface area contributed by atoms with Crippen molar-refractivity contribution in [1.29, 1.82) is 0 Å². The maximum atomic E-state index is 13.4. The van der Waals surface area contributed by atoms with Crippen LogP contribution in [0.5, 0.6) is 0 Å². The summed E-state index contributed by atoms with van der Waals surface area (Å²) in [5.74, 6) is -1.50. The summed E-state index contributed by atoms with van der Waals surface area (Å²) in [6.45, 7) is 1.94. The Balaban J connectivity index is 2.77. The summed E-state index contributed by atoms with van der Waals surface area (Å²) in [7, 11) is 0. The number of rotatable bonds is 2. The molecular formula is C11H10FNO2. The lowest BCUT2D eigenvalue weighted by Crippen LogP contribution is -1.95. The number of benzene rings is 1. The van der Waals surface area contributed by atoms with Gasteiger partial charge < -0.3 is 10.1 Å². The van der Waals surface area contributed by atoms with Gasteiger partial charge in [-0.25, -0.2) is 9.18 Å². The first-order chi connectivity index (χ1) is 7.13. The van der Waals surface area contributed by atoms with Gasteiger partial charge in [0.05, 0.1) is 5.52 Å². The Labute approximate surface area is 85.5 Å². The Bertz CT molecular complexity index is 531. The molecule has 4 heteroatoms. The van der Waals surface area contributed by atoms with Crippen molar-refractivity contribution in [1.82, 2.24) is 4.98 Å². The number of carboxylic acids is 1. The monoisotopic (exact) mass is 207 g/mol. The predicted octanol–water partition coefficient (Wildman–Crippen LogP) is 2.57. The highest BCUT2D eigenvalue weighted by atomic mass is 19.1. The summed E-state index contributed by atoms with van der Waals surface area (Å²) in [6.07, 6.45) is 0.744. The smallest absolute Gasteiger partial charge is 0.352 e. The van der Waals surface area contributed by atoms with Crippen LogP contribution in [0, 0.1) is 5.82 Å². The largest absolute Gasteiger partial charge is 0.477 e. The third-order valence-corrected chi connectivity index (χ3v) is 2.44. The molecular weight excluding hydrogens is 197 g/mol. The normalized spacial score (nSPS) is 10.8. The molecule has 0 spiro atoms. The second kappa shape index (κ2) is 3.38. The molecule has 2 rings (SSSR count). The minimum Gasteiger partial charge on any atom is -0.477 e. The van der Waals surface area contributed by atoms with Crippen molar-refractivity contribution in [2.45, 2.75) is 13.3 Å². The van der Waals surface area contributed by atoms with E-state index in [1.54, 1.807) is 6.07 Å². The maximum Gasteiger partial charge on any atom is 0.352 e. The van der Waals surface area contributed by atoms with Gasteiger partial charge in [-0.1, -0.05) is 13.0 Å². The van der Waals surface area contributed by atoms with Crippen LogP contribution in [0.4, 0.5) is 4.39 Å². The lowest BCUT2D eigenvalue weighted by Gasteiger charge is -1.99. The zero-order chi connectivity index (χ0) is 11.0. The highest BCUT2D eigenvalue weighted by Crippen LogP contribution is 2.23. The number of nitrogens with one attached hydrogen (secondary N) is 1. The van der Waals surface area contributed by atoms with E-state index in [-0.39, 0.29) is 11.2 Å². The summed E-state index contributed by atoms with van der Waals surface area (Å²) < 4.78 is 13.4. The summed E-state index contributed by atoms with van der Waals surface area (Å²) >= 11 is 0. The van der Waals surface area contributed by atoms with Crippen molar-refractivity contribution in [3.8, 4) is 0 Å². The molecule has 0 aliphatic carbocycles. The lowest BCUT2D eigenvalue weighted by atomic mass is 10.1. The van der Waals surface area contributed by atoms with Crippen LogP contribution in [0.2, 0.25) is 0 Å². The first kappa shape index (κ1) is 9.71. The van der Waals surface area contributed by atoms with Gasteiger partial charge in [-0.2, -0.15) is 0 Å². The van der Waals surface area contributed by atoms with E-state index in [2.05, 4.69) is 4.98 Å². The molecule has 1 heterocycles. The average molecular weight is 207 g/mol. The Hall–Kier alpha value is -1.84. The van der Waals surface area contributed by atoms with Crippen molar-refractivity contribution in [2.75, 3.05) is 0 Å². The minimum absolute atomic E-state index is 0.0183. The SMILES string of the molecule is CCc1ccc(F)c2[nH]c(C(=O)O)cc12. The van der Waals surface area contributed by atoms with E-state index in [4.69, 9.17) is 5.11 Å². The number of hydrogen-bond acceptors (Lipinski definition) is 1. The summed E-state index contributed by atoms with van der Waals surface area (Å²) in [4.78, 5) is 13.3. The van der Waals surface area contributed by atoms with E-state index in [0.717, 1.165) is 12.0 Å². The predicted molar refractivity (Wildman–Crippen MR) is 54.6 cm³/mol. The highest BCUT2D eigenvalue weighted by Gasteiger charge is 2.12. The Morgan fingerprint density at radius 1 is 1.53 bits per heavy atom. The molecule has 1 aromatic carbocycles. The Morgan fingerprint density at radius 3 is 2.87 bits per heavy atom. The number of carboxylic acid groups (broad SMARTS) is 1. The van der Waals surface area contributed by atoms with Crippen LogP contribution in [0.1, 0.15) is 23.0 Å². The number of carbonyl (C=O) groups is 1. The van der Waals surface area contributed by atoms with Crippen LogP contribution in [0.25, 0.3) is 10.9 Å². The number of H-pyrrole nitrogens is 1. The summed E-state index contributed by atoms with van der Waals surface area (Å²) in [5, 5.41) is 9.43. The first-order valence-electron chi connectivity index (χ1n) is 4.67. The number of aromatic nitrogens is 1. The minimum atomic E-state index is -1.08. The van der Waals surface area contributed by atoms with E-state index in [1.165, 1.54) is 12.1 Å². The van der Waals surface area contributed by atoms with Gasteiger partial charge in [-0.15, -0.1) is 0 Å². The molecule has 0 aliphatic rings. The van der Waals surface area contributed by atoms with E-state index < -0.39 is 11.8 Å². The molecule has 3 nitrogen and oxygen atoms in total. The zero-order valence-corrected chi connectivity index (χ0v) is 8.17. The molecule has 0 saturated carbocycles. The molecule has 2 N–H and O–H groups in total. The quantitative estimate of drug-likeness (QED) is 0.795. The van der Waals surface area contributed by atoms with Crippen molar-refractivity contribution < 1.29 is 14.3 Å². The van der Waals surface area contributed by atoms with Crippen molar-refractivity contribution in [2.24, 2.45) is 0 Å². The van der Waals surface area contributed by atoms with Gasteiger partial charge >= 0.3 is 5.97 Å². The molecule has 0 unspecified atom stereocenters. The van der Waals surface area contributed by atoms with E-state index >= 15 is 0 Å². The molecule has 0 atom stereocenters. The topological polar surface area (TPSA) is 53.1 Å². The molecule has 78 valence electrons. The van der Waals surface area contributed by atoms with E-state index in [9.17, 15) is 9.18 Å². The van der Waals surface area contributed by atoms with Crippen LogP contribution >= 0.6 is 0 Å². The van der Waals surface area contributed by atoms with Gasteiger partial charge in [0.15, 0.2) is 0 Å². The van der Waals surface area contributed by atoms with Gasteiger partial charge in [-0.05, 0) is 24.1 Å². The van der Waals surface area contributed by atoms with Crippen LogP contribution in [0.15, 0.2) is 18.2 Å². The molecule has 0 amide bonds. The standard InChI is InChI=1S/C11H10FNO2/c1-2-6-3-4-8(12)10-7(6)5-9(13-10)11(14)15/h3-5,13H,2H2,1H3,(H,14,15). The van der Waals surface area contributed by atoms with Crippen LogP contribution in [-0.4, -0.2) is 16.1 Å². The second-order valence-corrected chi connectivity index (χ2v) is 3.34. The number of fused-ring (bicyclic) bond motifs is 1. The molecule has 0 bridgehead atoms.